The van der Waals surface area contributed by atoms with Gasteiger partial charge in [-0.1, -0.05) is 54.7 Å². The lowest BCUT2D eigenvalue weighted by atomic mass is 9.66. The summed E-state index contributed by atoms with van der Waals surface area (Å²) in [5.74, 6) is 0.324. The zero-order chi connectivity index (χ0) is 12.9. The molecule has 2 heteroatoms. The number of aliphatic imine (C=N–C) groups is 1. The molecule has 4 aliphatic rings. The number of hydrogen-bond donors (Lipinski definition) is 1. The number of aliphatic hydroxyl groups excluding tert-OH is 1. The standard InChI is InChI=1S/C17H13NO/c19-16-9-8-13-12-5-1-2-7-15(12)18-11-17(13)10-4-3-6-14(16)17/h1-11,15,19H. The van der Waals surface area contributed by atoms with E-state index in [-0.39, 0.29) is 6.04 Å². The van der Waals surface area contributed by atoms with Crippen molar-refractivity contribution in [2.75, 3.05) is 0 Å². The molecule has 2 unspecified atom stereocenters. The Labute approximate surface area is 111 Å². The Morgan fingerprint density at radius 1 is 0.947 bits per heavy atom. The van der Waals surface area contributed by atoms with Gasteiger partial charge in [-0.05, 0) is 17.2 Å². The molecule has 4 rings (SSSR count). The average molecular weight is 247 g/mol. The van der Waals surface area contributed by atoms with Crippen LogP contribution in [0.2, 0.25) is 0 Å². The Morgan fingerprint density at radius 2 is 1.84 bits per heavy atom. The Bertz CT molecular complexity index is 695. The molecule has 2 atom stereocenters. The SMILES string of the molecule is OC1=C2C=CC=CC23C=NC2C=CC=CC2=C3C=C1. The third kappa shape index (κ3) is 1.28. The van der Waals surface area contributed by atoms with E-state index in [9.17, 15) is 5.11 Å². The monoisotopic (exact) mass is 247 g/mol. The van der Waals surface area contributed by atoms with Crippen LogP contribution >= 0.6 is 0 Å². The van der Waals surface area contributed by atoms with Crippen molar-refractivity contribution in [3.8, 4) is 0 Å². The van der Waals surface area contributed by atoms with Gasteiger partial charge in [0.15, 0.2) is 0 Å². The minimum absolute atomic E-state index is 0.107. The molecule has 0 aromatic heterocycles. The Kier molecular flexibility index (Phi) is 1.99. The number of nitrogens with zero attached hydrogens (tertiary/aromatic N) is 1. The first-order chi connectivity index (χ1) is 9.31. The van der Waals surface area contributed by atoms with E-state index in [1.807, 2.05) is 42.7 Å². The lowest BCUT2D eigenvalue weighted by Gasteiger charge is -2.39. The molecular formula is C17H13NO. The molecule has 0 amide bonds. The van der Waals surface area contributed by atoms with Crippen LogP contribution < -0.4 is 0 Å². The Morgan fingerprint density at radius 3 is 2.79 bits per heavy atom. The zero-order valence-electron chi connectivity index (χ0n) is 10.3. The normalized spacial score (nSPS) is 33.6. The molecule has 92 valence electrons. The molecule has 0 saturated heterocycles. The maximum atomic E-state index is 10.1. The van der Waals surface area contributed by atoms with Gasteiger partial charge in [-0.2, -0.15) is 0 Å². The van der Waals surface area contributed by atoms with Gasteiger partial charge in [0.2, 0.25) is 0 Å². The van der Waals surface area contributed by atoms with Gasteiger partial charge >= 0.3 is 0 Å². The molecule has 0 aromatic rings. The molecular weight excluding hydrogens is 234 g/mol. The van der Waals surface area contributed by atoms with Crippen molar-refractivity contribution in [2.45, 2.75) is 6.04 Å². The molecule has 1 N–H and O–H groups in total. The van der Waals surface area contributed by atoms with Crippen LogP contribution in [0.5, 0.6) is 0 Å². The third-order valence-electron chi connectivity index (χ3n) is 4.06. The topological polar surface area (TPSA) is 32.6 Å². The smallest absolute Gasteiger partial charge is 0.120 e. The molecule has 3 aliphatic carbocycles. The van der Waals surface area contributed by atoms with E-state index in [0.717, 1.165) is 5.57 Å². The first-order valence-corrected chi connectivity index (χ1v) is 6.43. The summed E-state index contributed by atoms with van der Waals surface area (Å²) in [6, 6.07) is 0.107. The zero-order valence-corrected chi connectivity index (χ0v) is 10.3. The second kappa shape index (κ2) is 3.58. The summed E-state index contributed by atoms with van der Waals surface area (Å²) >= 11 is 0. The van der Waals surface area contributed by atoms with E-state index in [0.29, 0.717) is 5.76 Å². The van der Waals surface area contributed by atoms with Crippen molar-refractivity contribution in [3.63, 3.8) is 0 Å². The fourth-order valence-electron chi connectivity index (χ4n) is 3.13. The number of fused-ring (bicyclic) bond motifs is 1. The fourth-order valence-corrected chi connectivity index (χ4v) is 3.13. The quantitative estimate of drug-likeness (QED) is 0.699. The van der Waals surface area contributed by atoms with E-state index >= 15 is 0 Å². The van der Waals surface area contributed by atoms with Gasteiger partial charge in [-0.25, -0.2) is 0 Å². The molecule has 0 radical (unpaired) electrons. The van der Waals surface area contributed by atoms with Gasteiger partial charge in [0.1, 0.15) is 5.76 Å². The molecule has 0 aromatic carbocycles. The molecule has 2 nitrogen and oxygen atoms in total. The summed E-state index contributed by atoms with van der Waals surface area (Å²) in [5, 5.41) is 10.1. The first kappa shape index (κ1) is 10.6. The Balaban J connectivity index is 2.01. The highest BCUT2D eigenvalue weighted by atomic mass is 16.3. The second-order valence-electron chi connectivity index (χ2n) is 5.06. The van der Waals surface area contributed by atoms with Gasteiger partial charge in [0, 0.05) is 11.8 Å². The van der Waals surface area contributed by atoms with Crippen molar-refractivity contribution < 1.29 is 5.11 Å². The van der Waals surface area contributed by atoms with E-state index < -0.39 is 5.41 Å². The van der Waals surface area contributed by atoms with Crippen LogP contribution in [0.4, 0.5) is 0 Å². The summed E-state index contributed by atoms with van der Waals surface area (Å²) in [4.78, 5) is 4.66. The summed E-state index contributed by atoms with van der Waals surface area (Å²) in [5.41, 5.74) is 2.94. The summed E-state index contributed by atoms with van der Waals surface area (Å²) in [6.45, 7) is 0. The molecule has 19 heavy (non-hydrogen) atoms. The second-order valence-corrected chi connectivity index (χ2v) is 5.06. The maximum absolute atomic E-state index is 10.1. The highest BCUT2D eigenvalue weighted by molar-refractivity contribution is 5.87. The van der Waals surface area contributed by atoms with Crippen LogP contribution in [0.25, 0.3) is 0 Å². The van der Waals surface area contributed by atoms with E-state index in [1.54, 1.807) is 6.08 Å². The van der Waals surface area contributed by atoms with Crippen molar-refractivity contribution in [3.05, 3.63) is 83.2 Å². The summed E-state index contributed by atoms with van der Waals surface area (Å²) < 4.78 is 0. The number of allylic oxidation sites excluding steroid dienone is 10. The molecule has 1 heterocycles. The van der Waals surface area contributed by atoms with Gasteiger partial charge < -0.3 is 5.11 Å². The minimum Gasteiger partial charge on any atom is -0.508 e. The molecule has 1 aliphatic heterocycles. The van der Waals surface area contributed by atoms with Crippen LogP contribution in [-0.4, -0.2) is 17.4 Å². The molecule has 0 bridgehead atoms. The molecule has 1 spiro atoms. The van der Waals surface area contributed by atoms with E-state index in [2.05, 4.69) is 23.2 Å². The molecule has 0 fully saturated rings. The van der Waals surface area contributed by atoms with Crippen molar-refractivity contribution in [2.24, 2.45) is 10.4 Å². The Hall–Kier alpha value is -2.35. The molecule has 0 saturated carbocycles. The maximum Gasteiger partial charge on any atom is 0.120 e. The van der Waals surface area contributed by atoms with E-state index in [4.69, 9.17) is 0 Å². The van der Waals surface area contributed by atoms with Crippen molar-refractivity contribution in [1.82, 2.24) is 0 Å². The lowest BCUT2D eigenvalue weighted by molar-refractivity contribution is 0.415. The average Bonchev–Trinajstić information content (AvgIpc) is 2.47. The minimum atomic E-state index is -0.394. The summed E-state index contributed by atoms with van der Waals surface area (Å²) in [6.07, 6.45) is 22.1. The largest absolute Gasteiger partial charge is 0.508 e. The first-order valence-electron chi connectivity index (χ1n) is 6.43. The van der Waals surface area contributed by atoms with Gasteiger partial charge in [-0.3, -0.25) is 4.99 Å². The highest BCUT2D eigenvalue weighted by Gasteiger charge is 2.41. The number of rotatable bonds is 0. The van der Waals surface area contributed by atoms with Crippen LogP contribution in [-0.2, 0) is 0 Å². The number of aliphatic hydroxyl groups is 1. The fraction of sp³-hybridized carbons (Fsp3) is 0.118. The third-order valence-corrected chi connectivity index (χ3v) is 4.06. The highest BCUT2D eigenvalue weighted by Crippen LogP contribution is 2.48. The lowest BCUT2D eigenvalue weighted by Crippen LogP contribution is -2.34. The van der Waals surface area contributed by atoms with Crippen molar-refractivity contribution in [1.29, 1.82) is 0 Å². The van der Waals surface area contributed by atoms with Crippen LogP contribution in [0.3, 0.4) is 0 Å². The van der Waals surface area contributed by atoms with Crippen molar-refractivity contribution >= 4 is 6.21 Å². The summed E-state index contributed by atoms with van der Waals surface area (Å²) in [7, 11) is 0. The number of hydrogen-bond acceptors (Lipinski definition) is 2. The predicted octanol–water partition coefficient (Wildman–Crippen LogP) is 3.36. The number of dihydropyridines is 1. The van der Waals surface area contributed by atoms with E-state index in [1.165, 1.54) is 11.1 Å². The van der Waals surface area contributed by atoms with Gasteiger partial charge in [0.05, 0.1) is 11.5 Å². The van der Waals surface area contributed by atoms with Crippen LogP contribution in [0, 0.1) is 5.41 Å². The van der Waals surface area contributed by atoms with Gasteiger partial charge in [-0.15, -0.1) is 0 Å². The van der Waals surface area contributed by atoms with Crippen LogP contribution in [0.15, 0.2) is 88.2 Å². The van der Waals surface area contributed by atoms with Crippen LogP contribution in [0.1, 0.15) is 0 Å². The van der Waals surface area contributed by atoms with Gasteiger partial charge in [0.25, 0.3) is 0 Å². The predicted molar refractivity (Wildman–Crippen MR) is 77.1 cm³/mol.